The normalized spacial score (nSPS) is 14.1. The van der Waals surface area contributed by atoms with Crippen LogP contribution in [0.25, 0.3) is 0 Å². The van der Waals surface area contributed by atoms with Crippen LogP contribution in [0.3, 0.4) is 0 Å². The topological polar surface area (TPSA) is 67.4 Å². The standard InChI is InChI=1S/C19H30N2O3/c1-13(2)12-15(18(23)24-6)20-16(14-10-8-7-9-11-14)17(22)21-19(3,4)5/h7-11,13,15-16,20H,12H2,1-6H3,(H,21,22)/t15-,16-/m0/s1. The van der Waals surface area contributed by atoms with Crippen molar-refractivity contribution in [2.75, 3.05) is 7.11 Å². The zero-order valence-electron chi connectivity index (χ0n) is 15.6. The lowest BCUT2D eigenvalue weighted by atomic mass is 9.99. The maximum absolute atomic E-state index is 12.8. The summed E-state index contributed by atoms with van der Waals surface area (Å²) in [6.45, 7) is 9.85. The number of ether oxygens (including phenoxy) is 1. The molecule has 0 fully saturated rings. The van der Waals surface area contributed by atoms with E-state index in [9.17, 15) is 9.59 Å². The Morgan fingerprint density at radius 2 is 1.71 bits per heavy atom. The van der Waals surface area contributed by atoms with E-state index in [-0.39, 0.29) is 17.4 Å². The number of hydrogen-bond acceptors (Lipinski definition) is 4. The van der Waals surface area contributed by atoms with Crippen LogP contribution in [0.4, 0.5) is 0 Å². The van der Waals surface area contributed by atoms with Crippen LogP contribution in [0, 0.1) is 5.92 Å². The number of esters is 1. The summed E-state index contributed by atoms with van der Waals surface area (Å²) >= 11 is 0. The van der Waals surface area contributed by atoms with Gasteiger partial charge in [0.25, 0.3) is 0 Å². The van der Waals surface area contributed by atoms with Crippen LogP contribution in [0.2, 0.25) is 0 Å². The van der Waals surface area contributed by atoms with E-state index in [1.54, 1.807) is 0 Å². The molecule has 0 aromatic heterocycles. The maximum Gasteiger partial charge on any atom is 0.322 e. The van der Waals surface area contributed by atoms with Crippen molar-refractivity contribution in [3.63, 3.8) is 0 Å². The van der Waals surface area contributed by atoms with Gasteiger partial charge in [-0.3, -0.25) is 14.9 Å². The Morgan fingerprint density at radius 1 is 1.12 bits per heavy atom. The molecule has 0 aliphatic heterocycles. The van der Waals surface area contributed by atoms with Crippen molar-refractivity contribution in [2.24, 2.45) is 5.92 Å². The number of carbonyl (C=O) groups is 2. The lowest BCUT2D eigenvalue weighted by Crippen LogP contribution is -2.50. The second kappa shape index (κ2) is 8.83. The summed E-state index contributed by atoms with van der Waals surface area (Å²) in [4.78, 5) is 24.9. The smallest absolute Gasteiger partial charge is 0.322 e. The number of amides is 1. The van der Waals surface area contributed by atoms with Gasteiger partial charge >= 0.3 is 5.97 Å². The number of carbonyl (C=O) groups excluding carboxylic acids is 2. The molecule has 0 aliphatic rings. The summed E-state index contributed by atoms with van der Waals surface area (Å²) < 4.78 is 4.90. The van der Waals surface area contributed by atoms with E-state index in [0.29, 0.717) is 12.3 Å². The highest BCUT2D eigenvalue weighted by Crippen LogP contribution is 2.18. The van der Waals surface area contributed by atoms with Crippen LogP contribution in [0.1, 0.15) is 52.6 Å². The summed E-state index contributed by atoms with van der Waals surface area (Å²) in [5.41, 5.74) is 0.460. The molecule has 5 nitrogen and oxygen atoms in total. The first-order chi connectivity index (χ1) is 11.1. The van der Waals surface area contributed by atoms with Gasteiger partial charge in [-0.15, -0.1) is 0 Å². The molecule has 0 aliphatic carbocycles. The molecule has 1 aromatic carbocycles. The Hall–Kier alpha value is -1.88. The average molecular weight is 334 g/mol. The van der Waals surface area contributed by atoms with Gasteiger partial charge < -0.3 is 10.1 Å². The van der Waals surface area contributed by atoms with Gasteiger partial charge in [0.15, 0.2) is 0 Å². The molecule has 1 rings (SSSR count). The summed E-state index contributed by atoms with van der Waals surface area (Å²) in [6, 6.07) is 8.26. The molecule has 24 heavy (non-hydrogen) atoms. The molecule has 0 radical (unpaired) electrons. The molecule has 1 aromatic rings. The number of methoxy groups -OCH3 is 1. The Morgan fingerprint density at radius 3 is 2.17 bits per heavy atom. The number of hydrogen-bond donors (Lipinski definition) is 2. The minimum atomic E-state index is -0.617. The van der Waals surface area contributed by atoms with Crippen LogP contribution < -0.4 is 10.6 Å². The highest BCUT2D eigenvalue weighted by Gasteiger charge is 2.30. The Balaban J connectivity index is 3.07. The van der Waals surface area contributed by atoms with Gasteiger partial charge in [0.1, 0.15) is 12.1 Å². The van der Waals surface area contributed by atoms with Crippen molar-refractivity contribution in [1.29, 1.82) is 0 Å². The Labute approximate surface area is 145 Å². The summed E-state index contributed by atoms with van der Waals surface area (Å²) in [5.74, 6) is -0.219. The van der Waals surface area contributed by atoms with Crippen molar-refractivity contribution in [3.8, 4) is 0 Å². The van der Waals surface area contributed by atoms with Gasteiger partial charge in [-0.1, -0.05) is 44.2 Å². The van der Waals surface area contributed by atoms with Crippen LogP contribution >= 0.6 is 0 Å². The predicted octanol–water partition coefficient (Wildman–Crippen LogP) is 2.82. The van der Waals surface area contributed by atoms with Gasteiger partial charge in [0, 0.05) is 5.54 Å². The molecule has 2 atom stereocenters. The molecule has 0 saturated carbocycles. The van der Waals surface area contributed by atoms with Crippen LogP contribution in [0.15, 0.2) is 30.3 Å². The van der Waals surface area contributed by atoms with Crippen molar-refractivity contribution < 1.29 is 14.3 Å². The van der Waals surface area contributed by atoms with E-state index in [1.165, 1.54) is 7.11 Å². The van der Waals surface area contributed by atoms with Crippen molar-refractivity contribution in [2.45, 2.75) is 58.7 Å². The molecule has 0 bridgehead atoms. The van der Waals surface area contributed by atoms with Crippen molar-refractivity contribution in [1.82, 2.24) is 10.6 Å². The summed E-state index contributed by atoms with van der Waals surface area (Å²) in [7, 11) is 1.37. The van der Waals surface area contributed by atoms with Gasteiger partial charge in [-0.05, 0) is 38.7 Å². The van der Waals surface area contributed by atoms with E-state index < -0.39 is 12.1 Å². The van der Waals surface area contributed by atoms with Crippen molar-refractivity contribution in [3.05, 3.63) is 35.9 Å². The lowest BCUT2D eigenvalue weighted by molar-refractivity contribution is -0.144. The molecular formula is C19H30N2O3. The first-order valence-corrected chi connectivity index (χ1v) is 8.35. The molecule has 0 spiro atoms. The maximum atomic E-state index is 12.8. The molecular weight excluding hydrogens is 304 g/mol. The van der Waals surface area contributed by atoms with Crippen LogP contribution in [0.5, 0.6) is 0 Å². The van der Waals surface area contributed by atoms with Gasteiger partial charge in [-0.2, -0.15) is 0 Å². The third kappa shape index (κ3) is 6.71. The van der Waals surface area contributed by atoms with E-state index in [4.69, 9.17) is 4.74 Å². The number of benzene rings is 1. The molecule has 0 unspecified atom stereocenters. The van der Waals surface area contributed by atoms with Gasteiger partial charge in [0.05, 0.1) is 7.11 Å². The SMILES string of the molecule is COC(=O)[C@H](CC(C)C)N[C@H](C(=O)NC(C)(C)C)c1ccccc1. The fraction of sp³-hybridized carbons (Fsp3) is 0.579. The molecule has 0 heterocycles. The number of nitrogens with one attached hydrogen (secondary N) is 2. The fourth-order valence-corrected chi connectivity index (χ4v) is 2.46. The molecule has 5 heteroatoms. The second-order valence-corrected chi connectivity index (χ2v) is 7.45. The van der Waals surface area contributed by atoms with Gasteiger partial charge in [-0.25, -0.2) is 0 Å². The zero-order valence-corrected chi connectivity index (χ0v) is 15.6. The number of rotatable bonds is 7. The zero-order chi connectivity index (χ0) is 18.3. The Kier molecular flexibility index (Phi) is 7.42. The molecule has 2 N–H and O–H groups in total. The van der Waals surface area contributed by atoms with Crippen LogP contribution in [-0.4, -0.2) is 30.6 Å². The third-order valence-electron chi connectivity index (χ3n) is 3.45. The highest BCUT2D eigenvalue weighted by molar-refractivity contribution is 5.85. The Bertz CT molecular complexity index is 535. The van der Waals surface area contributed by atoms with E-state index in [1.807, 2.05) is 65.0 Å². The second-order valence-electron chi connectivity index (χ2n) is 7.45. The monoisotopic (exact) mass is 334 g/mol. The molecule has 134 valence electrons. The predicted molar refractivity (Wildman–Crippen MR) is 95.5 cm³/mol. The minimum absolute atomic E-state index is 0.161. The van der Waals surface area contributed by atoms with Crippen molar-refractivity contribution >= 4 is 11.9 Å². The molecule has 1 amide bonds. The first-order valence-electron chi connectivity index (χ1n) is 8.35. The minimum Gasteiger partial charge on any atom is -0.468 e. The van der Waals surface area contributed by atoms with Crippen LogP contribution in [-0.2, 0) is 14.3 Å². The third-order valence-corrected chi connectivity index (χ3v) is 3.45. The highest BCUT2D eigenvalue weighted by atomic mass is 16.5. The largest absolute Gasteiger partial charge is 0.468 e. The summed E-state index contributed by atoms with van der Waals surface area (Å²) in [5, 5.41) is 6.17. The van der Waals surface area contributed by atoms with E-state index >= 15 is 0 Å². The fourth-order valence-electron chi connectivity index (χ4n) is 2.46. The lowest BCUT2D eigenvalue weighted by Gasteiger charge is -2.28. The average Bonchev–Trinajstić information content (AvgIpc) is 2.49. The van der Waals surface area contributed by atoms with Gasteiger partial charge in [0.2, 0.25) is 5.91 Å². The quantitative estimate of drug-likeness (QED) is 0.753. The molecule has 0 saturated heterocycles. The summed E-state index contributed by atoms with van der Waals surface area (Å²) in [6.07, 6.45) is 0.596. The van der Waals surface area contributed by atoms with E-state index in [0.717, 1.165) is 5.56 Å². The van der Waals surface area contributed by atoms with E-state index in [2.05, 4.69) is 10.6 Å². The first kappa shape index (κ1) is 20.2.